The summed E-state index contributed by atoms with van der Waals surface area (Å²) in [5.41, 5.74) is -0.135. The Morgan fingerprint density at radius 1 is 0.810 bits per heavy atom. The summed E-state index contributed by atoms with van der Waals surface area (Å²) < 4.78 is 4.45. The van der Waals surface area contributed by atoms with Crippen molar-refractivity contribution in [2.45, 2.75) is 30.3 Å². The second kappa shape index (κ2) is 17.4. The number of benzene rings is 4. The van der Waals surface area contributed by atoms with Crippen molar-refractivity contribution in [3.8, 4) is 18.1 Å². The second-order valence-electron chi connectivity index (χ2n) is 13.6. The smallest absolute Gasteiger partial charge is 0.409 e. The molecule has 58 heavy (non-hydrogen) atoms. The summed E-state index contributed by atoms with van der Waals surface area (Å²) in [5, 5.41) is 18.9. The predicted molar refractivity (Wildman–Crippen MR) is 212 cm³/mol. The van der Waals surface area contributed by atoms with Crippen LogP contribution in [0.2, 0.25) is 0 Å². The van der Waals surface area contributed by atoms with E-state index in [-0.39, 0.29) is 48.2 Å². The molecule has 0 aliphatic carbocycles. The Kier molecular flexibility index (Phi) is 12.1. The van der Waals surface area contributed by atoms with Crippen LogP contribution in [0.5, 0.6) is 5.75 Å². The summed E-state index contributed by atoms with van der Waals surface area (Å²) in [6, 6.07) is 29.3. The Morgan fingerprint density at radius 3 is 1.93 bits per heavy atom. The predicted octanol–water partition coefficient (Wildman–Crippen LogP) is 4.75. The van der Waals surface area contributed by atoms with Gasteiger partial charge in [0.25, 0.3) is 17.5 Å². The summed E-state index contributed by atoms with van der Waals surface area (Å²) in [6.45, 7) is 1.87. The maximum absolute atomic E-state index is 13.0. The first-order chi connectivity index (χ1) is 27.8. The second-order valence-corrected chi connectivity index (χ2v) is 13.9. The number of carbonyl (C=O) groups is 6. The summed E-state index contributed by atoms with van der Waals surface area (Å²) in [5.74, 6) is 2.17. The molecule has 296 valence electrons. The van der Waals surface area contributed by atoms with Crippen LogP contribution >= 0.6 is 11.6 Å². The van der Waals surface area contributed by atoms with Crippen LogP contribution in [0.25, 0.3) is 0 Å². The lowest BCUT2D eigenvalue weighted by molar-refractivity contribution is -0.384. The molecule has 2 atom stereocenters. The van der Waals surface area contributed by atoms with Gasteiger partial charge in [0.1, 0.15) is 16.8 Å². The number of rotatable bonds is 6. The Morgan fingerprint density at radius 2 is 1.40 bits per heavy atom. The Balaban J connectivity index is 0.000000161. The van der Waals surface area contributed by atoms with Crippen LogP contribution in [0.15, 0.2) is 109 Å². The molecule has 2 unspecified atom stereocenters. The van der Waals surface area contributed by atoms with Gasteiger partial charge in [-0.1, -0.05) is 54.5 Å². The molecule has 4 saturated heterocycles. The lowest BCUT2D eigenvalue weighted by Crippen LogP contribution is -2.50. The van der Waals surface area contributed by atoms with Crippen LogP contribution in [0.3, 0.4) is 0 Å². The first-order valence-corrected chi connectivity index (χ1v) is 18.3. The minimum Gasteiger partial charge on any atom is -0.414 e. The summed E-state index contributed by atoms with van der Waals surface area (Å²) in [4.78, 5) is 86.4. The van der Waals surface area contributed by atoms with E-state index in [4.69, 9.17) is 18.0 Å². The van der Waals surface area contributed by atoms with E-state index in [1.807, 2.05) is 48.5 Å². The molecule has 4 aliphatic heterocycles. The van der Waals surface area contributed by atoms with E-state index < -0.39 is 27.5 Å². The maximum atomic E-state index is 13.0. The lowest BCUT2D eigenvalue weighted by atomic mass is 9.99. The van der Waals surface area contributed by atoms with E-state index in [0.29, 0.717) is 37.3 Å². The molecule has 0 radical (unpaired) electrons. The minimum atomic E-state index is -1.05. The number of imide groups is 2. The van der Waals surface area contributed by atoms with Gasteiger partial charge in [0.05, 0.1) is 29.3 Å². The molecule has 4 aliphatic rings. The molecular formula is C41H36ClN7O9. The van der Waals surface area contributed by atoms with Crippen LogP contribution in [-0.4, -0.2) is 82.3 Å². The van der Waals surface area contributed by atoms with Gasteiger partial charge in [-0.15, -0.1) is 6.42 Å². The van der Waals surface area contributed by atoms with Gasteiger partial charge in [-0.3, -0.25) is 24.5 Å². The largest absolute Gasteiger partial charge is 0.414 e. The van der Waals surface area contributed by atoms with Crippen molar-refractivity contribution < 1.29 is 38.4 Å². The van der Waals surface area contributed by atoms with E-state index in [0.717, 1.165) is 22.6 Å². The van der Waals surface area contributed by atoms with E-state index in [1.165, 1.54) is 29.2 Å². The maximum Gasteiger partial charge on any atom is 0.409 e. The van der Waals surface area contributed by atoms with Gasteiger partial charge in [-0.05, 0) is 73.5 Å². The fraction of sp³-hybridized carbons (Fsp3) is 0.220. The number of halogens is 1. The van der Waals surface area contributed by atoms with Crippen LogP contribution in [0.1, 0.15) is 24.0 Å². The number of amides is 7. The topological polar surface area (TPSA) is 201 Å². The zero-order chi connectivity index (χ0) is 41.5. The Hall–Kier alpha value is -7.09. The number of nitrogens with one attached hydrogen (secondary N) is 3. The molecule has 0 bridgehead atoms. The van der Waals surface area contributed by atoms with E-state index >= 15 is 0 Å². The molecule has 4 heterocycles. The summed E-state index contributed by atoms with van der Waals surface area (Å²) in [7, 11) is 0. The molecular weight excluding hydrogens is 770 g/mol. The molecule has 4 aromatic rings. The van der Waals surface area contributed by atoms with Crippen LogP contribution in [0.4, 0.5) is 31.4 Å². The number of nitro benzene ring substituents is 1. The number of nitro groups is 1. The lowest BCUT2D eigenvalue weighted by Gasteiger charge is -2.22. The van der Waals surface area contributed by atoms with Gasteiger partial charge in [0, 0.05) is 42.4 Å². The number of terminal acetylenes is 1. The van der Waals surface area contributed by atoms with Crippen molar-refractivity contribution in [1.29, 1.82) is 0 Å². The fourth-order valence-corrected chi connectivity index (χ4v) is 7.02. The monoisotopic (exact) mass is 805 g/mol. The molecule has 16 nitrogen and oxygen atoms in total. The molecule has 3 N–H and O–H groups in total. The van der Waals surface area contributed by atoms with E-state index in [2.05, 4.69) is 26.6 Å². The number of urea groups is 2. The highest BCUT2D eigenvalue weighted by atomic mass is 35.5. The van der Waals surface area contributed by atoms with Crippen molar-refractivity contribution in [1.82, 2.24) is 20.9 Å². The molecule has 8 rings (SSSR count). The Labute approximate surface area is 337 Å². The van der Waals surface area contributed by atoms with Crippen molar-refractivity contribution >= 4 is 63.9 Å². The third-order valence-electron chi connectivity index (χ3n) is 9.82. The minimum absolute atomic E-state index is 0.0747. The van der Waals surface area contributed by atoms with Crippen LogP contribution < -0.4 is 30.5 Å². The molecule has 17 heteroatoms. The Bertz CT molecular complexity index is 2280. The normalized spacial score (nSPS) is 20.4. The van der Waals surface area contributed by atoms with Crippen molar-refractivity contribution in [3.05, 3.63) is 130 Å². The zero-order valence-corrected chi connectivity index (χ0v) is 31.5. The number of ether oxygens (including phenoxy) is 1. The highest BCUT2D eigenvalue weighted by Crippen LogP contribution is 2.32. The fourth-order valence-electron chi connectivity index (χ4n) is 6.93. The van der Waals surface area contributed by atoms with Gasteiger partial charge in [-0.25, -0.2) is 24.2 Å². The van der Waals surface area contributed by atoms with E-state index in [9.17, 15) is 38.9 Å². The molecule has 0 aromatic heterocycles. The zero-order valence-electron chi connectivity index (χ0n) is 30.8. The number of anilines is 2. The standard InChI is InChI=1S/C22H19N3O3.C12H13N3O2.C7H4ClNO4/c1-2-16-7-6-8-17(13-16)14-19(26)24-12-11-22(15-24)20(27)25(21(28)23-22)18-9-4-3-5-10-18;16-10-12(6-7-13-8-12)14-11(17)15(10)9-4-2-1-3-5-9;8-7(10)13-6-3-1-5(2-4-6)9(11)12/h1,3-10,13H,11-12,14-15H2,(H,23,28);1-5,13H,6-8H2,(H,14,17);1-4H. The average molecular weight is 806 g/mol. The van der Waals surface area contributed by atoms with Crippen molar-refractivity contribution in [2.75, 3.05) is 36.0 Å². The van der Waals surface area contributed by atoms with Crippen molar-refractivity contribution in [3.63, 3.8) is 0 Å². The number of non-ortho nitro benzene ring substituents is 1. The highest BCUT2D eigenvalue weighted by molar-refractivity contribution is 6.61. The number of hydrogen-bond acceptors (Lipinski definition) is 10. The summed E-state index contributed by atoms with van der Waals surface area (Å²) >= 11 is 4.92. The SMILES string of the molecule is C#Cc1cccc(CC(=O)N2CCC3(C2)NC(=O)N(c2ccccc2)C3=O)c1.O=C(Cl)Oc1ccc([N+](=O)[O-])cc1.O=C1NC2(CCNC2)C(=O)N1c1ccccc1. The average Bonchev–Trinajstić information content (AvgIpc) is 3.98. The van der Waals surface area contributed by atoms with Gasteiger partial charge in [0.15, 0.2) is 0 Å². The third kappa shape index (κ3) is 8.81. The molecule has 4 aromatic carbocycles. The van der Waals surface area contributed by atoms with Gasteiger partial charge < -0.3 is 25.6 Å². The highest BCUT2D eigenvalue weighted by Gasteiger charge is 2.56. The number of nitrogens with zero attached hydrogens (tertiary/aromatic N) is 4. The van der Waals surface area contributed by atoms with E-state index in [1.54, 1.807) is 41.3 Å². The third-order valence-corrected chi connectivity index (χ3v) is 9.90. The summed E-state index contributed by atoms with van der Waals surface area (Å²) in [6.07, 6.45) is 6.67. The number of carbonyl (C=O) groups excluding carboxylic acids is 6. The first-order valence-electron chi connectivity index (χ1n) is 17.9. The molecule has 4 fully saturated rings. The first kappa shape index (κ1) is 40.6. The number of likely N-dealkylation sites (tertiary alicyclic amines) is 1. The molecule has 2 spiro atoms. The number of hydrogen-bond donors (Lipinski definition) is 3. The van der Waals surface area contributed by atoms with Gasteiger partial charge in [-0.2, -0.15) is 0 Å². The van der Waals surface area contributed by atoms with Crippen molar-refractivity contribution in [2.24, 2.45) is 0 Å². The van der Waals surface area contributed by atoms with Gasteiger partial charge in [0.2, 0.25) is 5.91 Å². The molecule has 7 amide bonds. The number of para-hydroxylation sites is 2. The van der Waals surface area contributed by atoms with Gasteiger partial charge >= 0.3 is 17.5 Å². The molecule has 0 saturated carbocycles. The quantitative estimate of drug-likeness (QED) is 0.0804. The van der Waals surface area contributed by atoms with Crippen LogP contribution in [0, 0.1) is 22.5 Å². The van der Waals surface area contributed by atoms with Crippen LogP contribution in [-0.2, 0) is 20.8 Å².